The molecule has 3 nitrogen and oxygen atoms in total. The lowest BCUT2D eigenvalue weighted by Gasteiger charge is -2.08. The Hall–Kier alpha value is -0.980. The van der Waals surface area contributed by atoms with Crippen LogP contribution in [0.3, 0.4) is 0 Å². The Bertz CT molecular complexity index is 662. The van der Waals surface area contributed by atoms with Crippen LogP contribution in [0, 0.1) is 0 Å². The number of carboxylic acid groups (broad SMARTS) is 1. The van der Waals surface area contributed by atoms with E-state index >= 15 is 0 Å². The van der Waals surface area contributed by atoms with Crippen LogP contribution in [0.5, 0.6) is 0 Å². The summed E-state index contributed by atoms with van der Waals surface area (Å²) in [6, 6.07) is 10.7. The zero-order chi connectivity index (χ0) is 14.7. The summed E-state index contributed by atoms with van der Waals surface area (Å²) in [4.78, 5) is 12.0. The third-order valence-electron chi connectivity index (χ3n) is 2.64. The minimum Gasteiger partial charge on any atom is -0.478 e. The maximum absolute atomic E-state index is 10.9. The maximum Gasteiger partial charge on any atom is 0.335 e. The topological polar surface area (TPSA) is 63.3 Å². The number of hydrogen-bond acceptors (Lipinski definition) is 3. The van der Waals surface area contributed by atoms with Crippen molar-refractivity contribution in [1.29, 1.82) is 0 Å². The molecule has 0 aromatic heterocycles. The predicted octanol–water partition coefficient (Wildman–Crippen LogP) is 4.78. The molecule has 2 aromatic rings. The van der Waals surface area contributed by atoms with Crippen molar-refractivity contribution in [2.45, 2.75) is 10.6 Å². The Morgan fingerprint density at radius 3 is 2.50 bits per heavy atom. The molecule has 2 aromatic carbocycles. The number of thioether (sulfide) groups is 1. The van der Waals surface area contributed by atoms with Crippen LogP contribution in [-0.2, 0) is 5.75 Å². The van der Waals surface area contributed by atoms with Gasteiger partial charge in [0.2, 0.25) is 0 Å². The van der Waals surface area contributed by atoms with Gasteiger partial charge < -0.3 is 10.8 Å². The molecule has 3 N–H and O–H groups in total. The number of benzene rings is 2. The molecule has 0 bridgehead atoms. The molecule has 20 heavy (non-hydrogen) atoms. The van der Waals surface area contributed by atoms with E-state index in [1.54, 1.807) is 23.9 Å². The molecule has 0 saturated carbocycles. The zero-order valence-electron chi connectivity index (χ0n) is 10.3. The Morgan fingerprint density at radius 2 is 1.90 bits per heavy atom. The van der Waals surface area contributed by atoms with Crippen LogP contribution in [0.1, 0.15) is 15.9 Å². The highest BCUT2D eigenvalue weighted by Gasteiger charge is 2.08. The van der Waals surface area contributed by atoms with Gasteiger partial charge in [0.1, 0.15) is 0 Å². The smallest absolute Gasteiger partial charge is 0.335 e. The maximum atomic E-state index is 10.9. The van der Waals surface area contributed by atoms with Crippen LogP contribution in [0.15, 0.2) is 50.2 Å². The van der Waals surface area contributed by atoms with Gasteiger partial charge in [-0.15, -0.1) is 11.8 Å². The molecule has 0 spiro atoms. The first-order valence-electron chi connectivity index (χ1n) is 5.67. The molecule has 6 heteroatoms. The van der Waals surface area contributed by atoms with Crippen molar-refractivity contribution in [2.75, 3.05) is 5.73 Å². The molecule has 0 aliphatic heterocycles. The summed E-state index contributed by atoms with van der Waals surface area (Å²) in [5.41, 5.74) is 7.74. The zero-order valence-corrected chi connectivity index (χ0v) is 14.3. The Morgan fingerprint density at radius 1 is 1.15 bits per heavy atom. The molecule has 0 saturated heterocycles. The van der Waals surface area contributed by atoms with Gasteiger partial charge in [-0.2, -0.15) is 0 Å². The van der Waals surface area contributed by atoms with Gasteiger partial charge in [0.15, 0.2) is 0 Å². The number of halogens is 2. The van der Waals surface area contributed by atoms with Crippen LogP contribution < -0.4 is 5.73 Å². The number of aromatic carboxylic acids is 1. The Labute approximate surface area is 137 Å². The van der Waals surface area contributed by atoms with Crippen molar-refractivity contribution in [1.82, 2.24) is 0 Å². The Balaban J connectivity index is 2.13. The lowest BCUT2D eigenvalue weighted by Crippen LogP contribution is -1.96. The van der Waals surface area contributed by atoms with E-state index in [1.165, 1.54) is 0 Å². The quantitative estimate of drug-likeness (QED) is 0.555. The standard InChI is InChI=1S/C14H11Br2NO2S/c15-11-5-8(14(18)19)1-2-9(11)7-20-13-4-3-10(17)6-12(13)16/h1-6H,7,17H2,(H,18,19). The minimum atomic E-state index is -0.925. The monoisotopic (exact) mass is 415 g/mol. The fourth-order valence-electron chi connectivity index (χ4n) is 1.59. The Kier molecular flexibility index (Phi) is 5.12. The summed E-state index contributed by atoms with van der Waals surface area (Å²) in [6.45, 7) is 0. The predicted molar refractivity (Wildman–Crippen MR) is 89.2 cm³/mol. The molecule has 0 atom stereocenters. The van der Waals surface area contributed by atoms with Gasteiger partial charge in [-0.25, -0.2) is 4.79 Å². The van der Waals surface area contributed by atoms with E-state index in [1.807, 2.05) is 24.3 Å². The third kappa shape index (κ3) is 3.77. The van der Waals surface area contributed by atoms with Gasteiger partial charge in [0, 0.05) is 25.3 Å². The van der Waals surface area contributed by atoms with E-state index in [0.29, 0.717) is 5.69 Å². The molecule has 2 rings (SSSR count). The first-order chi connectivity index (χ1) is 9.47. The normalized spacial score (nSPS) is 10.5. The second kappa shape index (κ2) is 6.65. The van der Waals surface area contributed by atoms with Crippen molar-refractivity contribution >= 4 is 55.3 Å². The first-order valence-corrected chi connectivity index (χ1v) is 8.24. The van der Waals surface area contributed by atoms with Gasteiger partial charge in [0.05, 0.1) is 5.56 Å². The van der Waals surface area contributed by atoms with Crippen LogP contribution in [-0.4, -0.2) is 11.1 Å². The minimum absolute atomic E-state index is 0.277. The summed E-state index contributed by atoms with van der Waals surface area (Å²) >= 11 is 8.55. The van der Waals surface area contributed by atoms with Crippen molar-refractivity contribution in [3.8, 4) is 0 Å². The number of carbonyl (C=O) groups is 1. The van der Waals surface area contributed by atoms with Crippen molar-refractivity contribution in [2.24, 2.45) is 0 Å². The van der Waals surface area contributed by atoms with E-state index in [2.05, 4.69) is 31.9 Å². The van der Waals surface area contributed by atoms with E-state index < -0.39 is 5.97 Å². The van der Waals surface area contributed by atoms with E-state index in [4.69, 9.17) is 10.8 Å². The van der Waals surface area contributed by atoms with Gasteiger partial charge in [0.25, 0.3) is 0 Å². The highest BCUT2D eigenvalue weighted by molar-refractivity contribution is 9.10. The van der Waals surface area contributed by atoms with E-state index in [9.17, 15) is 4.79 Å². The molecule has 0 heterocycles. The first kappa shape index (κ1) is 15.4. The molecule has 0 aliphatic carbocycles. The number of nitrogens with two attached hydrogens (primary N) is 1. The number of hydrogen-bond donors (Lipinski definition) is 2. The second-order valence-corrected chi connectivity index (χ2v) is 6.82. The molecule has 0 radical (unpaired) electrons. The number of nitrogen functional groups attached to an aromatic ring is 1. The van der Waals surface area contributed by atoms with Crippen LogP contribution in [0.25, 0.3) is 0 Å². The number of carboxylic acids is 1. The second-order valence-electron chi connectivity index (χ2n) is 4.09. The van der Waals surface area contributed by atoms with Gasteiger partial charge in [-0.05, 0) is 51.8 Å². The molecule has 0 amide bonds. The van der Waals surface area contributed by atoms with Crippen molar-refractivity contribution in [3.63, 3.8) is 0 Å². The van der Waals surface area contributed by atoms with Crippen molar-refractivity contribution in [3.05, 3.63) is 56.5 Å². The van der Waals surface area contributed by atoms with E-state index in [-0.39, 0.29) is 5.56 Å². The van der Waals surface area contributed by atoms with Gasteiger partial charge in [-0.1, -0.05) is 22.0 Å². The average Bonchev–Trinajstić information content (AvgIpc) is 2.38. The molecular weight excluding hydrogens is 406 g/mol. The largest absolute Gasteiger partial charge is 0.478 e. The third-order valence-corrected chi connectivity index (χ3v) is 5.42. The van der Waals surface area contributed by atoms with Crippen LogP contribution in [0.2, 0.25) is 0 Å². The fraction of sp³-hybridized carbons (Fsp3) is 0.0714. The highest BCUT2D eigenvalue weighted by Crippen LogP contribution is 2.33. The van der Waals surface area contributed by atoms with Crippen LogP contribution in [0.4, 0.5) is 5.69 Å². The lowest BCUT2D eigenvalue weighted by molar-refractivity contribution is 0.0697. The van der Waals surface area contributed by atoms with E-state index in [0.717, 1.165) is 25.2 Å². The summed E-state index contributed by atoms with van der Waals surface area (Å²) < 4.78 is 1.76. The molecule has 104 valence electrons. The van der Waals surface area contributed by atoms with Crippen molar-refractivity contribution < 1.29 is 9.90 Å². The summed E-state index contributed by atoms with van der Waals surface area (Å²) in [7, 11) is 0. The number of anilines is 1. The molecule has 0 fully saturated rings. The van der Waals surface area contributed by atoms with Gasteiger partial charge in [-0.3, -0.25) is 0 Å². The number of rotatable bonds is 4. The fourth-order valence-corrected chi connectivity index (χ4v) is 3.96. The van der Waals surface area contributed by atoms with Crippen LogP contribution >= 0.6 is 43.6 Å². The molecule has 0 unspecified atom stereocenters. The summed E-state index contributed by atoms with van der Waals surface area (Å²) in [6.07, 6.45) is 0. The molecular formula is C14H11Br2NO2S. The highest BCUT2D eigenvalue weighted by atomic mass is 79.9. The average molecular weight is 417 g/mol. The summed E-state index contributed by atoms with van der Waals surface area (Å²) in [5, 5.41) is 8.93. The SMILES string of the molecule is Nc1ccc(SCc2ccc(C(=O)O)cc2Br)c(Br)c1. The van der Waals surface area contributed by atoms with Gasteiger partial charge >= 0.3 is 5.97 Å². The lowest BCUT2D eigenvalue weighted by atomic mass is 10.1. The molecule has 0 aliphatic rings. The summed E-state index contributed by atoms with van der Waals surface area (Å²) in [5.74, 6) is -0.186.